The SMILES string of the molecule is O=C(NO)C(Cc1ccccc1)n1ncc2cc(-c3cccnc3)ccc21. The Kier molecular flexibility index (Phi) is 4.63. The average molecular weight is 358 g/mol. The number of nitrogens with one attached hydrogen (secondary N) is 1. The maximum Gasteiger partial charge on any atom is 0.268 e. The molecule has 4 rings (SSSR count). The van der Waals surface area contributed by atoms with E-state index in [0.717, 1.165) is 27.6 Å². The van der Waals surface area contributed by atoms with E-state index >= 15 is 0 Å². The second-order valence-electron chi connectivity index (χ2n) is 6.29. The lowest BCUT2D eigenvalue weighted by molar-refractivity contribution is -0.132. The summed E-state index contributed by atoms with van der Waals surface area (Å²) in [5.74, 6) is -0.500. The molecule has 0 spiro atoms. The van der Waals surface area contributed by atoms with Crippen LogP contribution < -0.4 is 5.48 Å². The Balaban J connectivity index is 1.73. The number of nitrogens with zero attached hydrogens (tertiary/aromatic N) is 3. The number of rotatable bonds is 5. The molecule has 2 aromatic carbocycles. The molecule has 134 valence electrons. The van der Waals surface area contributed by atoms with Crippen molar-refractivity contribution in [1.29, 1.82) is 0 Å². The van der Waals surface area contributed by atoms with Crippen LogP contribution in [0.15, 0.2) is 79.3 Å². The van der Waals surface area contributed by atoms with E-state index in [2.05, 4.69) is 10.1 Å². The van der Waals surface area contributed by atoms with Crippen molar-refractivity contribution < 1.29 is 10.0 Å². The fourth-order valence-electron chi connectivity index (χ4n) is 3.22. The molecule has 0 aliphatic rings. The molecule has 0 bridgehead atoms. The van der Waals surface area contributed by atoms with Gasteiger partial charge in [0.05, 0.1) is 11.7 Å². The van der Waals surface area contributed by atoms with Crippen molar-refractivity contribution in [1.82, 2.24) is 20.2 Å². The molecule has 0 radical (unpaired) electrons. The van der Waals surface area contributed by atoms with E-state index in [-0.39, 0.29) is 0 Å². The highest BCUT2D eigenvalue weighted by Gasteiger charge is 2.23. The van der Waals surface area contributed by atoms with Gasteiger partial charge in [-0.1, -0.05) is 42.5 Å². The van der Waals surface area contributed by atoms with Crippen LogP contribution in [-0.4, -0.2) is 25.9 Å². The number of hydroxylamine groups is 1. The van der Waals surface area contributed by atoms with Crippen LogP contribution in [0, 0.1) is 0 Å². The molecule has 27 heavy (non-hydrogen) atoms. The molecule has 2 N–H and O–H groups in total. The molecular weight excluding hydrogens is 340 g/mol. The number of carbonyl (C=O) groups is 1. The summed E-state index contributed by atoms with van der Waals surface area (Å²) in [5.41, 5.74) is 5.63. The zero-order valence-electron chi connectivity index (χ0n) is 14.5. The first-order chi connectivity index (χ1) is 13.3. The van der Waals surface area contributed by atoms with E-state index in [0.29, 0.717) is 6.42 Å². The summed E-state index contributed by atoms with van der Waals surface area (Å²) in [7, 11) is 0. The van der Waals surface area contributed by atoms with Crippen LogP contribution in [0.3, 0.4) is 0 Å². The van der Waals surface area contributed by atoms with Crippen molar-refractivity contribution >= 4 is 16.8 Å². The topological polar surface area (TPSA) is 80.0 Å². The van der Waals surface area contributed by atoms with Crippen LogP contribution in [0.5, 0.6) is 0 Å². The normalized spacial score (nSPS) is 12.0. The van der Waals surface area contributed by atoms with Gasteiger partial charge in [0.1, 0.15) is 6.04 Å². The summed E-state index contributed by atoms with van der Waals surface area (Å²) in [6.45, 7) is 0. The highest BCUT2D eigenvalue weighted by molar-refractivity contribution is 5.87. The van der Waals surface area contributed by atoms with Crippen LogP contribution in [0.1, 0.15) is 11.6 Å². The monoisotopic (exact) mass is 358 g/mol. The van der Waals surface area contributed by atoms with Crippen LogP contribution in [0.4, 0.5) is 0 Å². The van der Waals surface area contributed by atoms with Gasteiger partial charge in [-0.2, -0.15) is 5.10 Å². The smallest absolute Gasteiger partial charge is 0.268 e. The largest absolute Gasteiger partial charge is 0.289 e. The van der Waals surface area contributed by atoms with E-state index in [9.17, 15) is 10.0 Å². The Morgan fingerprint density at radius 3 is 2.63 bits per heavy atom. The van der Waals surface area contributed by atoms with Crippen molar-refractivity contribution in [3.05, 3.63) is 84.8 Å². The maximum absolute atomic E-state index is 12.3. The minimum Gasteiger partial charge on any atom is -0.289 e. The predicted molar refractivity (Wildman–Crippen MR) is 102 cm³/mol. The van der Waals surface area contributed by atoms with Gasteiger partial charge in [-0.05, 0) is 29.3 Å². The van der Waals surface area contributed by atoms with Gasteiger partial charge in [-0.25, -0.2) is 5.48 Å². The fraction of sp³-hybridized carbons (Fsp3) is 0.0952. The third-order valence-corrected chi connectivity index (χ3v) is 4.57. The third-order valence-electron chi connectivity index (χ3n) is 4.57. The van der Waals surface area contributed by atoms with Gasteiger partial charge < -0.3 is 0 Å². The molecule has 0 saturated carbocycles. The molecule has 0 aliphatic carbocycles. The van der Waals surface area contributed by atoms with Crippen molar-refractivity contribution in [2.45, 2.75) is 12.5 Å². The number of fused-ring (bicyclic) bond motifs is 1. The average Bonchev–Trinajstić information content (AvgIpc) is 3.16. The van der Waals surface area contributed by atoms with Crippen molar-refractivity contribution in [3.63, 3.8) is 0 Å². The van der Waals surface area contributed by atoms with Crippen LogP contribution in [-0.2, 0) is 11.2 Å². The molecule has 1 atom stereocenters. The van der Waals surface area contributed by atoms with E-state index in [1.807, 2.05) is 66.9 Å². The minimum absolute atomic E-state index is 0.425. The summed E-state index contributed by atoms with van der Waals surface area (Å²) in [6.07, 6.45) is 5.71. The molecule has 2 heterocycles. The number of amides is 1. The molecule has 1 amide bonds. The molecule has 0 saturated heterocycles. The summed E-state index contributed by atoms with van der Waals surface area (Å²) in [4.78, 5) is 16.5. The number of pyridine rings is 1. The van der Waals surface area contributed by atoms with Gasteiger partial charge in [-0.3, -0.25) is 19.7 Å². The van der Waals surface area contributed by atoms with Gasteiger partial charge >= 0.3 is 0 Å². The van der Waals surface area contributed by atoms with E-state index in [1.54, 1.807) is 22.6 Å². The molecule has 6 heteroatoms. The summed E-state index contributed by atoms with van der Waals surface area (Å²) >= 11 is 0. The number of hydrogen-bond donors (Lipinski definition) is 2. The van der Waals surface area contributed by atoms with Crippen molar-refractivity contribution in [2.75, 3.05) is 0 Å². The second-order valence-corrected chi connectivity index (χ2v) is 6.29. The van der Waals surface area contributed by atoms with Gasteiger partial charge in [0.2, 0.25) is 0 Å². The van der Waals surface area contributed by atoms with Gasteiger partial charge in [0, 0.05) is 29.8 Å². The second kappa shape index (κ2) is 7.39. The first-order valence-electron chi connectivity index (χ1n) is 8.62. The molecule has 1 unspecified atom stereocenters. The Labute approximate surface area is 156 Å². The first kappa shape index (κ1) is 16.9. The van der Waals surface area contributed by atoms with E-state index in [4.69, 9.17) is 0 Å². The Morgan fingerprint density at radius 2 is 1.89 bits per heavy atom. The van der Waals surface area contributed by atoms with Gasteiger partial charge in [0.15, 0.2) is 0 Å². The standard InChI is InChI=1S/C21H18N4O2/c26-21(24-27)20(11-15-5-2-1-3-6-15)25-19-9-8-16(12-18(19)14-23-25)17-7-4-10-22-13-17/h1-10,12-14,20,27H,11H2,(H,24,26). The van der Waals surface area contributed by atoms with Crippen molar-refractivity contribution in [3.8, 4) is 11.1 Å². The lowest BCUT2D eigenvalue weighted by atomic mass is 10.0. The number of benzene rings is 2. The summed E-state index contributed by atoms with van der Waals surface area (Å²) in [5, 5.41) is 14.5. The third kappa shape index (κ3) is 3.43. The van der Waals surface area contributed by atoms with Crippen LogP contribution >= 0.6 is 0 Å². The fourth-order valence-corrected chi connectivity index (χ4v) is 3.22. The number of carbonyl (C=O) groups excluding carboxylic acids is 1. The van der Waals surface area contributed by atoms with Gasteiger partial charge in [0.25, 0.3) is 5.91 Å². The predicted octanol–water partition coefficient (Wildman–Crippen LogP) is 3.39. The Morgan fingerprint density at radius 1 is 1.04 bits per heavy atom. The lowest BCUT2D eigenvalue weighted by Gasteiger charge is -2.17. The lowest BCUT2D eigenvalue weighted by Crippen LogP contribution is -2.32. The van der Waals surface area contributed by atoms with Crippen LogP contribution in [0.2, 0.25) is 0 Å². The van der Waals surface area contributed by atoms with Gasteiger partial charge in [-0.15, -0.1) is 0 Å². The van der Waals surface area contributed by atoms with Crippen LogP contribution in [0.25, 0.3) is 22.0 Å². The Bertz CT molecular complexity index is 1060. The quantitative estimate of drug-likeness (QED) is 0.423. The highest BCUT2D eigenvalue weighted by atomic mass is 16.5. The zero-order chi connectivity index (χ0) is 18.6. The molecule has 2 aromatic heterocycles. The van der Waals surface area contributed by atoms with E-state index < -0.39 is 11.9 Å². The first-order valence-corrected chi connectivity index (χ1v) is 8.62. The Hall–Kier alpha value is -3.51. The molecule has 0 aliphatic heterocycles. The molecule has 6 nitrogen and oxygen atoms in total. The van der Waals surface area contributed by atoms with Crippen molar-refractivity contribution in [2.24, 2.45) is 0 Å². The molecule has 0 fully saturated rings. The number of hydrogen-bond acceptors (Lipinski definition) is 4. The minimum atomic E-state index is -0.654. The summed E-state index contributed by atoms with van der Waals surface area (Å²) < 4.78 is 1.65. The highest BCUT2D eigenvalue weighted by Crippen LogP contribution is 2.26. The summed E-state index contributed by atoms with van der Waals surface area (Å²) in [6, 6.07) is 18.8. The number of aromatic nitrogens is 3. The maximum atomic E-state index is 12.3. The zero-order valence-corrected chi connectivity index (χ0v) is 14.5. The van der Waals surface area contributed by atoms with E-state index in [1.165, 1.54) is 0 Å². The molecule has 4 aromatic rings. The molecular formula is C21H18N4O2.